The number of anilines is 2. The van der Waals surface area contributed by atoms with Crippen molar-refractivity contribution < 1.29 is 14.3 Å². The number of nitrogens with one attached hydrogen (secondary N) is 2. The molecule has 0 atom stereocenters. The maximum atomic E-state index is 12.0. The van der Waals surface area contributed by atoms with Crippen molar-refractivity contribution in [2.24, 2.45) is 0 Å². The van der Waals surface area contributed by atoms with Gasteiger partial charge in [-0.3, -0.25) is 4.79 Å². The molecular weight excluding hydrogens is 292 g/mol. The molecule has 2 aromatic carbocycles. The summed E-state index contributed by atoms with van der Waals surface area (Å²) in [5.41, 5.74) is 1.84. The number of benzene rings is 2. The van der Waals surface area contributed by atoms with Crippen LogP contribution in [0.2, 0.25) is 0 Å². The zero-order valence-electron chi connectivity index (χ0n) is 13.2. The number of rotatable bonds is 6. The van der Waals surface area contributed by atoms with Crippen molar-refractivity contribution in [2.75, 3.05) is 17.2 Å². The van der Waals surface area contributed by atoms with Gasteiger partial charge in [-0.05, 0) is 44.2 Å². The van der Waals surface area contributed by atoms with E-state index in [9.17, 15) is 9.59 Å². The van der Waals surface area contributed by atoms with Crippen LogP contribution in [0, 0.1) is 0 Å². The van der Waals surface area contributed by atoms with Gasteiger partial charge in [-0.25, -0.2) is 4.79 Å². The van der Waals surface area contributed by atoms with Gasteiger partial charge in [0.05, 0.1) is 18.2 Å². The van der Waals surface area contributed by atoms with E-state index >= 15 is 0 Å². The van der Waals surface area contributed by atoms with Crippen LogP contribution < -0.4 is 10.6 Å². The Labute approximate surface area is 135 Å². The summed E-state index contributed by atoms with van der Waals surface area (Å²) in [4.78, 5) is 23.8. The van der Waals surface area contributed by atoms with E-state index in [-0.39, 0.29) is 18.6 Å². The third-order valence-electron chi connectivity index (χ3n) is 2.95. The maximum absolute atomic E-state index is 12.0. The molecule has 0 saturated carbocycles. The van der Waals surface area contributed by atoms with Crippen molar-refractivity contribution in [3.05, 3.63) is 60.2 Å². The van der Waals surface area contributed by atoms with Gasteiger partial charge >= 0.3 is 5.97 Å². The lowest BCUT2D eigenvalue weighted by Crippen LogP contribution is -2.22. The molecule has 2 rings (SSSR count). The number of hydrogen-bond donors (Lipinski definition) is 2. The van der Waals surface area contributed by atoms with Crippen LogP contribution in [0.5, 0.6) is 0 Å². The van der Waals surface area contributed by atoms with Crippen LogP contribution in [0.4, 0.5) is 11.4 Å². The molecule has 0 fully saturated rings. The molecule has 0 aliphatic carbocycles. The molecular formula is C18H20N2O3. The molecule has 0 unspecified atom stereocenters. The van der Waals surface area contributed by atoms with Crippen molar-refractivity contribution in [1.29, 1.82) is 0 Å². The Morgan fingerprint density at radius 2 is 1.70 bits per heavy atom. The number of esters is 1. The first kappa shape index (κ1) is 16.5. The molecule has 0 spiro atoms. The standard InChI is InChI=1S/C18H20N2O3/c1-13(2)23-18(22)14-7-6-10-16(11-14)20-17(21)12-19-15-8-4-3-5-9-15/h3-11,13,19H,12H2,1-2H3,(H,20,21). The Bertz CT molecular complexity index is 669. The minimum atomic E-state index is -0.404. The molecule has 5 nitrogen and oxygen atoms in total. The van der Waals surface area contributed by atoms with E-state index in [4.69, 9.17) is 4.74 Å². The Balaban J connectivity index is 1.92. The normalized spacial score (nSPS) is 10.2. The van der Waals surface area contributed by atoms with Crippen LogP contribution in [0.25, 0.3) is 0 Å². The molecule has 0 aliphatic heterocycles. The first-order chi connectivity index (χ1) is 11.0. The highest BCUT2D eigenvalue weighted by Crippen LogP contribution is 2.13. The first-order valence-corrected chi connectivity index (χ1v) is 7.44. The molecule has 2 N–H and O–H groups in total. The largest absolute Gasteiger partial charge is 0.459 e. The first-order valence-electron chi connectivity index (χ1n) is 7.44. The van der Waals surface area contributed by atoms with Crippen molar-refractivity contribution in [2.45, 2.75) is 20.0 Å². The van der Waals surface area contributed by atoms with E-state index in [0.717, 1.165) is 5.69 Å². The lowest BCUT2D eigenvalue weighted by atomic mass is 10.2. The lowest BCUT2D eigenvalue weighted by Gasteiger charge is -2.10. The molecule has 2 aromatic rings. The van der Waals surface area contributed by atoms with Gasteiger partial charge in [-0.2, -0.15) is 0 Å². The van der Waals surface area contributed by atoms with E-state index in [1.165, 1.54) is 0 Å². The van der Waals surface area contributed by atoms with E-state index in [1.807, 2.05) is 30.3 Å². The topological polar surface area (TPSA) is 67.4 Å². The molecule has 0 aromatic heterocycles. The summed E-state index contributed by atoms with van der Waals surface area (Å²) < 4.78 is 5.14. The second-order valence-electron chi connectivity index (χ2n) is 5.30. The highest BCUT2D eigenvalue weighted by molar-refractivity contribution is 5.96. The number of amides is 1. The fraction of sp³-hybridized carbons (Fsp3) is 0.222. The third kappa shape index (κ3) is 5.47. The van der Waals surface area contributed by atoms with E-state index in [0.29, 0.717) is 11.3 Å². The fourth-order valence-electron chi connectivity index (χ4n) is 1.95. The van der Waals surface area contributed by atoms with Gasteiger partial charge in [0.15, 0.2) is 0 Å². The van der Waals surface area contributed by atoms with E-state index in [2.05, 4.69) is 10.6 Å². The quantitative estimate of drug-likeness (QED) is 0.803. The summed E-state index contributed by atoms with van der Waals surface area (Å²) in [6.45, 7) is 3.72. The van der Waals surface area contributed by atoms with Crippen LogP contribution >= 0.6 is 0 Å². The number of carbonyl (C=O) groups excluding carboxylic acids is 2. The van der Waals surface area contributed by atoms with Crippen LogP contribution in [-0.4, -0.2) is 24.5 Å². The van der Waals surface area contributed by atoms with Gasteiger partial charge in [0.1, 0.15) is 0 Å². The predicted octanol–water partition coefficient (Wildman–Crippen LogP) is 3.30. The summed E-state index contributed by atoms with van der Waals surface area (Å²) in [5, 5.41) is 5.78. The highest BCUT2D eigenvalue weighted by Gasteiger charge is 2.10. The molecule has 0 heterocycles. The molecule has 0 saturated heterocycles. The van der Waals surface area contributed by atoms with Crippen LogP contribution in [0.15, 0.2) is 54.6 Å². The zero-order chi connectivity index (χ0) is 16.7. The average molecular weight is 312 g/mol. The Morgan fingerprint density at radius 3 is 2.39 bits per heavy atom. The Morgan fingerprint density at radius 1 is 1.00 bits per heavy atom. The number of carbonyl (C=O) groups is 2. The van der Waals surface area contributed by atoms with Gasteiger partial charge < -0.3 is 15.4 Å². The van der Waals surface area contributed by atoms with Gasteiger partial charge in [-0.15, -0.1) is 0 Å². The zero-order valence-corrected chi connectivity index (χ0v) is 13.2. The molecule has 23 heavy (non-hydrogen) atoms. The van der Waals surface area contributed by atoms with Gasteiger partial charge in [0, 0.05) is 11.4 Å². The molecule has 0 radical (unpaired) electrons. The summed E-state index contributed by atoms with van der Waals surface area (Å²) in [7, 11) is 0. The monoisotopic (exact) mass is 312 g/mol. The molecule has 5 heteroatoms. The SMILES string of the molecule is CC(C)OC(=O)c1cccc(NC(=O)CNc2ccccc2)c1. The van der Waals surface area contributed by atoms with Gasteiger partial charge in [0.25, 0.3) is 0 Å². The Kier molecular flexibility index (Phi) is 5.74. The fourth-order valence-corrected chi connectivity index (χ4v) is 1.95. The maximum Gasteiger partial charge on any atom is 0.338 e. The number of ether oxygens (including phenoxy) is 1. The number of hydrogen-bond acceptors (Lipinski definition) is 4. The third-order valence-corrected chi connectivity index (χ3v) is 2.95. The second-order valence-corrected chi connectivity index (χ2v) is 5.30. The van der Waals surface area contributed by atoms with Gasteiger partial charge in [-0.1, -0.05) is 24.3 Å². The summed E-state index contributed by atoms with van der Waals surface area (Å²) in [6, 6.07) is 16.2. The molecule has 0 bridgehead atoms. The van der Waals surface area contributed by atoms with Crippen molar-refractivity contribution in [1.82, 2.24) is 0 Å². The van der Waals surface area contributed by atoms with Gasteiger partial charge in [0.2, 0.25) is 5.91 Å². The average Bonchev–Trinajstić information content (AvgIpc) is 2.53. The smallest absolute Gasteiger partial charge is 0.338 e. The minimum absolute atomic E-state index is 0.144. The van der Waals surface area contributed by atoms with Crippen LogP contribution in [-0.2, 0) is 9.53 Å². The van der Waals surface area contributed by atoms with E-state index < -0.39 is 5.97 Å². The van der Waals surface area contributed by atoms with Crippen LogP contribution in [0.3, 0.4) is 0 Å². The number of para-hydroxylation sites is 1. The second kappa shape index (κ2) is 7.98. The van der Waals surface area contributed by atoms with E-state index in [1.54, 1.807) is 38.1 Å². The van der Waals surface area contributed by atoms with Crippen molar-refractivity contribution in [3.63, 3.8) is 0 Å². The molecule has 1 amide bonds. The Hall–Kier alpha value is -2.82. The van der Waals surface area contributed by atoms with Crippen LogP contribution in [0.1, 0.15) is 24.2 Å². The van der Waals surface area contributed by atoms with Crippen molar-refractivity contribution >= 4 is 23.3 Å². The predicted molar refractivity (Wildman–Crippen MR) is 90.6 cm³/mol. The molecule has 0 aliphatic rings. The lowest BCUT2D eigenvalue weighted by molar-refractivity contribution is -0.114. The summed E-state index contributed by atoms with van der Waals surface area (Å²) >= 11 is 0. The summed E-state index contributed by atoms with van der Waals surface area (Å²) in [5.74, 6) is -0.596. The highest BCUT2D eigenvalue weighted by atomic mass is 16.5. The van der Waals surface area contributed by atoms with Crippen molar-refractivity contribution in [3.8, 4) is 0 Å². The minimum Gasteiger partial charge on any atom is -0.459 e. The summed E-state index contributed by atoms with van der Waals surface area (Å²) in [6.07, 6.45) is -0.184. The molecule has 120 valence electrons.